The first-order valence-corrected chi connectivity index (χ1v) is 7.18. The quantitative estimate of drug-likeness (QED) is 0.675. The maximum Gasteiger partial charge on any atom is 0.0462 e. The van der Waals surface area contributed by atoms with Gasteiger partial charge in [0.2, 0.25) is 0 Å². The predicted octanol–water partition coefficient (Wildman–Crippen LogP) is 3.47. The van der Waals surface area contributed by atoms with Crippen LogP contribution in [0.1, 0.15) is 49.1 Å². The van der Waals surface area contributed by atoms with Crippen molar-refractivity contribution >= 4 is 0 Å². The number of unbranched alkanes of at least 4 members (excludes halogenated alkanes) is 2. The van der Waals surface area contributed by atoms with E-state index in [1.165, 1.54) is 43.2 Å². The van der Waals surface area contributed by atoms with Crippen molar-refractivity contribution in [3.63, 3.8) is 0 Å². The van der Waals surface area contributed by atoms with E-state index < -0.39 is 0 Å². The molecule has 2 nitrogen and oxygen atoms in total. The van der Waals surface area contributed by atoms with E-state index in [0.717, 1.165) is 25.6 Å². The van der Waals surface area contributed by atoms with E-state index in [1.807, 2.05) is 0 Å². The van der Waals surface area contributed by atoms with Crippen molar-refractivity contribution < 1.29 is 4.74 Å². The topological polar surface area (TPSA) is 21.3 Å². The molecule has 0 spiro atoms. The second-order valence-electron chi connectivity index (χ2n) is 5.25. The summed E-state index contributed by atoms with van der Waals surface area (Å²) in [5, 5.41) is 3.52. The number of methoxy groups -OCH3 is 1. The van der Waals surface area contributed by atoms with Gasteiger partial charge in [0.1, 0.15) is 0 Å². The van der Waals surface area contributed by atoms with Crippen LogP contribution in [0.15, 0.2) is 24.3 Å². The largest absolute Gasteiger partial charge is 0.385 e. The lowest BCUT2D eigenvalue weighted by Gasteiger charge is -2.06. The first-order valence-electron chi connectivity index (χ1n) is 7.18. The minimum absolute atomic E-state index is 0.860. The molecule has 18 heavy (non-hydrogen) atoms. The average molecular weight is 247 g/mol. The second kappa shape index (κ2) is 7.55. The molecule has 0 radical (unpaired) electrons. The molecule has 1 aliphatic rings. The third-order valence-corrected chi connectivity index (χ3v) is 3.53. The zero-order chi connectivity index (χ0) is 12.6. The first-order chi connectivity index (χ1) is 8.90. The molecule has 1 aromatic carbocycles. The lowest BCUT2D eigenvalue weighted by molar-refractivity contribution is 0.192. The van der Waals surface area contributed by atoms with Gasteiger partial charge in [0.25, 0.3) is 0 Å². The van der Waals surface area contributed by atoms with Gasteiger partial charge in [-0.3, -0.25) is 0 Å². The summed E-state index contributed by atoms with van der Waals surface area (Å²) in [6.07, 6.45) is 6.44. The highest BCUT2D eigenvalue weighted by atomic mass is 16.5. The van der Waals surface area contributed by atoms with E-state index in [9.17, 15) is 0 Å². The van der Waals surface area contributed by atoms with Crippen molar-refractivity contribution in [1.82, 2.24) is 5.32 Å². The molecule has 1 fully saturated rings. The average Bonchev–Trinajstić information content (AvgIpc) is 3.22. The normalized spacial score (nSPS) is 14.9. The first kappa shape index (κ1) is 13.6. The lowest BCUT2D eigenvalue weighted by Crippen LogP contribution is -2.14. The van der Waals surface area contributed by atoms with Crippen molar-refractivity contribution in [3.05, 3.63) is 35.4 Å². The van der Waals surface area contributed by atoms with Gasteiger partial charge in [-0.05, 0) is 55.7 Å². The van der Waals surface area contributed by atoms with Gasteiger partial charge in [0, 0.05) is 20.3 Å². The fourth-order valence-corrected chi connectivity index (χ4v) is 2.28. The Bertz CT molecular complexity index is 347. The maximum atomic E-state index is 5.04. The van der Waals surface area contributed by atoms with Crippen LogP contribution in [-0.4, -0.2) is 20.3 Å². The molecule has 0 saturated heterocycles. The summed E-state index contributed by atoms with van der Waals surface area (Å²) in [6, 6.07) is 9.06. The Labute approximate surface area is 111 Å². The second-order valence-corrected chi connectivity index (χ2v) is 5.25. The fourth-order valence-electron chi connectivity index (χ4n) is 2.28. The standard InChI is InChI=1S/C16H25NO/c1-18-11-4-2-3-10-17-13-14-6-5-7-16(12-14)15-8-9-15/h5-7,12,15,17H,2-4,8-11,13H2,1H3. The summed E-state index contributed by atoms with van der Waals surface area (Å²) in [6.45, 7) is 3.01. The maximum absolute atomic E-state index is 5.04. The van der Waals surface area contributed by atoms with Crippen LogP contribution in [0.2, 0.25) is 0 Å². The zero-order valence-electron chi connectivity index (χ0n) is 11.5. The zero-order valence-corrected chi connectivity index (χ0v) is 11.5. The van der Waals surface area contributed by atoms with Crippen LogP contribution in [-0.2, 0) is 11.3 Å². The van der Waals surface area contributed by atoms with Crippen LogP contribution in [0.3, 0.4) is 0 Å². The van der Waals surface area contributed by atoms with Crippen LogP contribution in [0.4, 0.5) is 0 Å². The van der Waals surface area contributed by atoms with Gasteiger partial charge in [-0.1, -0.05) is 24.3 Å². The number of hydrogen-bond acceptors (Lipinski definition) is 2. The van der Waals surface area contributed by atoms with Gasteiger partial charge in [0.15, 0.2) is 0 Å². The molecule has 0 atom stereocenters. The number of benzene rings is 1. The molecule has 1 N–H and O–H groups in total. The molecule has 1 aliphatic carbocycles. The summed E-state index contributed by atoms with van der Waals surface area (Å²) in [5.41, 5.74) is 2.96. The molecular formula is C16H25NO. The molecule has 0 aliphatic heterocycles. The number of nitrogens with one attached hydrogen (secondary N) is 1. The summed E-state index contributed by atoms with van der Waals surface area (Å²) < 4.78 is 5.04. The van der Waals surface area contributed by atoms with Gasteiger partial charge in [-0.25, -0.2) is 0 Å². The van der Waals surface area contributed by atoms with Crippen LogP contribution in [0.5, 0.6) is 0 Å². The van der Waals surface area contributed by atoms with E-state index in [-0.39, 0.29) is 0 Å². The van der Waals surface area contributed by atoms with Gasteiger partial charge in [-0.15, -0.1) is 0 Å². The van der Waals surface area contributed by atoms with E-state index in [4.69, 9.17) is 4.74 Å². The van der Waals surface area contributed by atoms with Gasteiger partial charge in [-0.2, -0.15) is 0 Å². The van der Waals surface area contributed by atoms with Crippen molar-refractivity contribution in [2.75, 3.05) is 20.3 Å². The summed E-state index contributed by atoms with van der Waals surface area (Å²) in [4.78, 5) is 0. The molecular weight excluding hydrogens is 222 g/mol. The molecule has 2 rings (SSSR count). The van der Waals surface area contributed by atoms with Crippen molar-refractivity contribution in [1.29, 1.82) is 0 Å². The number of rotatable bonds is 9. The van der Waals surface area contributed by atoms with Crippen molar-refractivity contribution in [2.45, 2.75) is 44.6 Å². The SMILES string of the molecule is COCCCCCNCc1cccc(C2CC2)c1. The fraction of sp³-hybridized carbons (Fsp3) is 0.625. The third kappa shape index (κ3) is 4.79. The minimum Gasteiger partial charge on any atom is -0.385 e. The molecule has 0 amide bonds. The van der Waals surface area contributed by atoms with Crippen molar-refractivity contribution in [2.24, 2.45) is 0 Å². The molecule has 0 heterocycles. The lowest BCUT2D eigenvalue weighted by atomic mass is 10.1. The van der Waals surface area contributed by atoms with Crippen LogP contribution >= 0.6 is 0 Å². The summed E-state index contributed by atoms with van der Waals surface area (Å²) >= 11 is 0. The monoisotopic (exact) mass is 247 g/mol. The van der Waals surface area contributed by atoms with Crippen LogP contribution in [0.25, 0.3) is 0 Å². The Morgan fingerprint density at radius 1 is 1.22 bits per heavy atom. The highest BCUT2D eigenvalue weighted by Gasteiger charge is 2.23. The summed E-state index contributed by atoms with van der Waals surface area (Å²) in [5.74, 6) is 0.860. The van der Waals surface area contributed by atoms with E-state index >= 15 is 0 Å². The highest BCUT2D eigenvalue weighted by molar-refractivity contribution is 5.28. The molecule has 1 saturated carbocycles. The molecule has 0 aromatic heterocycles. The molecule has 2 heteroatoms. The molecule has 0 unspecified atom stereocenters. The molecule has 0 bridgehead atoms. The predicted molar refractivity (Wildman–Crippen MR) is 75.9 cm³/mol. The van der Waals surface area contributed by atoms with Crippen LogP contribution in [0, 0.1) is 0 Å². The number of ether oxygens (including phenoxy) is 1. The van der Waals surface area contributed by atoms with Gasteiger partial charge < -0.3 is 10.1 Å². The van der Waals surface area contributed by atoms with E-state index in [1.54, 1.807) is 7.11 Å². The van der Waals surface area contributed by atoms with Gasteiger partial charge in [0.05, 0.1) is 0 Å². The highest BCUT2D eigenvalue weighted by Crippen LogP contribution is 2.40. The molecule has 100 valence electrons. The summed E-state index contributed by atoms with van der Waals surface area (Å²) in [7, 11) is 1.77. The van der Waals surface area contributed by atoms with Crippen molar-refractivity contribution in [3.8, 4) is 0 Å². The molecule has 1 aromatic rings. The Hall–Kier alpha value is -0.860. The van der Waals surface area contributed by atoms with Crippen LogP contribution < -0.4 is 5.32 Å². The van der Waals surface area contributed by atoms with E-state index in [2.05, 4.69) is 29.6 Å². The number of hydrogen-bond donors (Lipinski definition) is 1. The van der Waals surface area contributed by atoms with E-state index in [0.29, 0.717) is 0 Å². The Morgan fingerprint density at radius 3 is 2.89 bits per heavy atom. The third-order valence-electron chi connectivity index (χ3n) is 3.53. The Balaban J connectivity index is 1.59. The minimum atomic E-state index is 0.860. The smallest absolute Gasteiger partial charge is 0.0462 e. The Kier molecular flexibility index (Phi) is 5.69. The van der Waals surface area contributed by atoms with Gasteiger partial charge >= 0.3 is 0 Å². The Morgan fingerprint density at radius 2 is 2.11 bits per heavy atom.